The third kappa shape index (κ3) is 3.37. The summed E-state index contributed by atoms with van der Waals surface area (Å²) in [4.78, 5) is 11.5. The van der Waals surface area contributed by atoms with E-state index >= 15 is 0 Å². The Balaban J connectivity index is 3.00. The monoisotopic (exact) mass is 276 g/mol. The van der Waals surface area contributed by atoms with Gasteiger partial charge in [-0.15, -0.1) is 0 Å². The largest absolute Gasteiger partial charge is 0.479 e. The summed E-state index contributed by atoms with van der Waals surface area (Å²) < 4.78 is 5.36. The molecule has 0 heterocycles. The van der Waals surface area contributed by atoms with Crippen LogP contribution in [0.1, 0.15) is 17.3 Å². The Bertz CT molecular complexity index is 421. The molecular formula is C10H9ClO3S2. The molecule has 0 unspecified atom stereocenters. The van der Waals surface area contributed by atoms with Gasteiger partial charge in [-0.2, -0.15) is 0 Å². The summed E-state index contributed by atoms with van der Waals surface area (Å²) in [5.41, 5.74) is 0.0521. The van der Waals surface area contributed by atoms with Crippen LogP contribution in [0.25, 0.3) is 0 Å². The average Bonchev–Trinajstić information content (AvgIpc) is 2.17. The number of ether oxygens (including phenoxy) is 1. The third-order valence-electron chi connectivity index (χ3n) is 1.64. The highest BCUT2D eigenvalue weighted by molar-refractivity contribution is 8.22. The number of hydrogen-bond acceptors (Lipinski definition) is 4. The zero-order chi connectivity index (χ0) is 12.1. The van der Waals surface area contributed by atoms with Crippen molar-refractivity contribution in [1.82, 2.24) is 0 Å². The second-order valence-electron chi connectivity index (χ2n) is 2.70. The van der Waals surface area contributed by atoms with E-state index in [0.717, 1.165) is 11.8 Å². The summed E-state index contributed by atoms with van der Waals surface area (Å²) in [5, 5.41) is 9.20. The number of rotatable bonds is 3. The molecule has 0 atom stereocenters. The number of hydrogen-bond donors (Lipinski definition) is 1. The molecule has 6 heteroatoms. The van der Waals surface area contributed by atoms with E-state index < -0.39 is 5.97 Å². The predicted molar refractivity (Wildman–Crippen MR) is 68.5 cm³/mol. The van der Waals surface area contributed by atoms with Crippen molar-refractivity contribution < 1.29 is 14.6 Å². The Morgan fingerprint density at radius 3 is 2.88 bits per heavy atom. The highest BCUT2D eigenvalue weighted by atomic mass is 35.5. The van der Waals surface area contributed by atoms with Crippen molar-refractivity contribution in [3.8, 4) is 0 Å². The molecule has 0 saturated heterocycles. The van der Waals surface area contributed by atoms with Crippen LogP contribution < -0.4 is 0 Å². The second kappa shape index (κ2) is 6.08. The van der Waals surface area contributed by atoms with E-state index in [2.05, 4.69) is 0 Å². The van der Waals surface area contributed by atoms with Crippen molar-refractivity contribution >= 4 is 45.9 Å². The molecule has 0 saturated carbocycles. The predicted octanol–water partition coefficient (Wildman–Crippen LogP) is 3.45. The van der Waals surface area contributed by atoms with E-state index in [1.54, 1.807) is 12.1 Å². The van der Waals surface area contributed by atoms with Crippen molar-refractivity contribution in [3.63, 3.8) is 0 Å². The number of halogens is 1. The number of carboxylic acid groups (broad SMARTS) is 1. The molecule has 0 fully saturated rings. The Morgan fingerprint density at radius 1 is 1.62 bits per heavy atom. The van der Waals surface area contributed by atoms with Gasteiger partial charge >= 0.3 is 5.97 Å². The van der Waals surface area contributed by atoms with Crippen molar-refractivity contribution in [2.75, 3.05) is 6.61 Å². The topological polar surface area (TPSA) is 46.5 Å². The number of carboxylic acids is 1. The van der Waals surface area contributed by atoms with Crippen LogP contribution >= 0.6 is 35.6 Å². The molecule has 0 aliphatic carbocycles. The van der Waals surface area contributed by atoms with Gasteiger partial charge in [0.05, 0.1) is 17.2 Å². The molecule has 3 nitrogen and oxygen atoms in total. The van der Waals surface area contributed by atoms with Gasteiger partial charge in [0.1, 0.15) is 0 Å². The van der Waals surface area contributed by atoms with Crippen molar-refractivity contribution in [3.05, 3.63) is 28.8 Å². The number of aromatic carboxylic acids is 1. The minimum absolute atomic E-state index is 0.0521. The van der Waals surface area contributed by atoms with Gasteiger partial charge in [-0.1, -0.05) is 17.7 Å². The average molecular weight is 277 g/mol. The van der Waals surface area contributed by atoms with Gasteiger partial charge in [0.25, 0.3) is 0 Å². The first kappa shape index (κ1) is 13.3. The first-order valence-electron chi connectivity index (χ1n) is 4.42. The van der Waals surface area contributed by atoms with E-state index in [-0.39, 0.29) is 15.0 Å². The van der Waals surface area contributed by atoms with Gasteiger partial charge in [-0.25, -0.2) is 4.79 Å². The molecule has 16 heavy (non-hydrogen) atoms. The van der Waals surface area contributed by atoms with Crippen LogP contribution in [0.5, 0.6) is 0 Å². The van der Waals surface area contributed by atoms with Crippen LogP contribution in [0.3, 0.4) is 0 Å². The van der Waals surface area contributed by atoms with Gasteiger partial charge in [-0.3, -0.25) is 0 Å². The number of carbonyl (C=O) groups is 1. The van der Waals surface area contributed by atoms with Crippen molar-refractivity contribution in [1.29, 1.82) is 0 Å². The number of thioether (sulfide) groups is 1. The number of thiocarbonyl (C=S) groups is 1. The minimum Gasteiger partial charge on any atom is -0.479 e. The van der Waals surface area contributed by atoms with E-state index in [0.29, 0.717) is 11.5 Å². The molecule has 0 bridgehead atoms. The Morgan fingerprint density at radius 2 is 2.31 bits per heavy atom. The standard InChI is InChI=1S/C10H9ClO3S2/c1-2-14-10(15)16-7-5-3-4-6(11)8(7)9(12)13/h3-5H,2H2,1H3,(H,12,13). The van der Waals surface area contributed by atoms with Crippen LogP contribution in [-0.4, -0.2) is 22.1 Å². The molecule has 1 rings (SSSR count). The van der Waals surface area contributed by atoms with E-state index in [9.17, 15) is 4.79 Å². The lowest BCUT2D eigenvalue weighted by Crippen LogP contribution is -2.02. The lowest BCUT2D eigenvalue weighted by molar-refractivity contribution is 0.0693. The molecular weight excluding hydrogens is 268 g/mol. The fourth-order valence-corrected chi connectivity index (χ4v) is 2.53. The lowest BCUT2D eigenvalue weighted by Gasteiger charge is -2.08. The van der Waals surface area contributed by atoms with Crippen LogP contribution in [-0.2, 0) is 4.74 Å². The highest BCUT2D eigenvalue weighted by Gasteiger charge is 2.16. The SMILES string of the molecule is CCOC(=S)Sc1cccc(Cl)c1C(=O)O. The molecule has 0 aromatic heterocycles. The van der Waals surface area contributed by atoms with Crippen molar-refractivity contribution in [2.45, 2.75) is 11.8 Å². The molecule has 0 radical (unpaired) electrons. The Labute approximate surface area is 108 Å². The molecule has 1 aromatic carbocycles. The molecule has 1 aromatic rings. The fraction of sp³-hybridized carbons (Fsp3) is 0.200. The summed E-state index contributed by atoms with van der Waals surface area (Å²) in [6, 6.07) is 4.84. The van der Waals surface area contributed by atoms with Gasteiger partial charge in [0.15, 0.2) is 0 Å². The zero-order valence-electron chi connectivity index (χ0n) is 8.40. The molecule has 0 aliphatic rings. The van der Waals surface area contributed by atoms with Gasteiger partial charge < -0.3 is 9.84 Å². The lowest BCUT2D eigenvalue weighted by atomic mass is 10.2. The smallest absolute Gasteiger partial charge is 0.338 e. The second-order valence-corrected chi connectivity index (χ2v) is 4.75. The maximum Gasteiger partial charge on any atom is 0.338 e. The summed E-state index contributed by atoms with van der Waals surface area (Å²) in [6.45, 7) is 2.26. The Hall–Kier alpha value is -0.780. The van der Waals surface area contributed by atoms with Crippen molar-refractivity contribution in [2.24, 2.45) is 0 Å². The van der Waals surface area contributed by atoms with E-state index in [1.165, 1.54) is 6.07 Å². The first-order chi connectivity index (χ1) is 7.56. The first-order valence-corrected chi connectivity index (χ1v) is 6.03. The highest BCUT2D eigenvalue weighted by Crippen LogP contribution is 2.29. The van der Waals surface area contributed by atoms with Gasteiger partial charge in [-0.05, 0) is 43.0 Å². The maximum atomic E-state index is 11.0. The molecule has 86 valence electrons. The molecule has 0 aliphatic heterocycles. The van der Waals surface area contributed by atoms with E-state index in [4.69, 9.17) is 33.7 Å². The summed E-state index contributed by atoms with van der Waals surface area (Å²) in [5.74, 6) is -1.08. The van der Waals surface area contributed by atoms with Crippen LogP contribution in [0.4, 0.5) is 0 Å². The van der Waals surface area contributed by atoms with Gasteiger partial charge in [0, 0.05) is 4.90 Å². The van der Waals surface area contributed by atoms with Crippen LogP contribution in [0, 0.1) is 0 Å². The van der Waals surface area contributed by atoms with E-state index in [1.807, 2.05) is 6.92 Å². The molecule has 1 N–H and O–H groups in total. The quantitative estimate of drug-likeness (QED) is 0.677. The minimum atomic E-state index is -1.08. The third-order valence-corrected chi connectivity index (χ3v) is 3.17. The fourth-order valence-electron chi connectivity index (χ4n) is 1.03. The summed E-state index contributed by atoms with van der Waals surface area (Å²) in [7, 11) is 0. The van der Waals surface area contributed by atoms with Crippen LogP contribution in [0.2, 0.25) is 5.02 Å². The molecule has 0 spiro atoms. The normalized spacial score (nSPS) is 9.88. The van der Waals surface area contributed by atoms with Gasteiger partial charge in [0.2, 0.25) is 4.38 Å². The summed E-state index contributed by atoms with van der Waals surface area (Å²) >= 11 is 11.8. The molecule has 0 amide bonds. The zero-order valence-corrected chi connectivity index (χ0v) is 10.8. The van der Waals surface area contributed by atoms with Crippen LogP contribution in [0.15, 0.2) is 23.1 Å². The Kier molecular flexibility index (Phi) is 5.05. The maximum absolute atomic E-state index is 11.0. The number of benzene rings is 1. The summed E-state index contributed by atoms with van der Waals surface area (Å²) in [6.07, 6.45) is 0.